The number of aromatic amines is 1. The van der Waals surface area contributed by atoms with Gasteiger partial charge in [-0.3, -0.25) is 14.9 Å². The molecule has 1 fully saturated rings. The van der Waals surface area contributed by atoms with Crippen LogP contribution in [0.25, 0.3) is 0 Å². The molecule has 1 unspecified atom stereocenters. The number of sulfonamides is 1. The quantitative estimate of drug-likeness (QED) is 0.588. The van der Waals surface area contributed by atoms with Crippen molar-refractivity contribution >= 4 is 21.6 Å². The van der Waals surface area contributed by atoms with Gasteiger partial charge in [0.25, 0.3) is 11.6 Å². The number of piperidine rings is 1. The molecule has 0 aromatic carbocycles. The fraction of sp³-hybridized carbons (Fsp3) is 0.500. The van der Waals surface area contributed by atoms with Gasteiger partial charge in [0.15, 0.2) is 0 Å². The van der Waals surface area contributed by atoms with Crippen LogP contribution in [0, 0.1) is 10.1 Å². The Labute approximate surface area is 114 Å². The minimum atomic E-state index is -3.70. The minimum Gasteiger partial charge on any atom is -0.351 e. The molecule has 1 saturated heterocycles. The van der Waals surface area contributed by atoms with Gasteiger partial charge >= 0.3 is 0 Å². The van der Waals surface area contributed by atoms with Crippen LogP contribution < -0.4 is 5.14 Å². The van der Waals surface area contributed by atoms with E-state index in [0.717, 1.165) is 12.3 Å². The molecule has 0 spiro atoms. The summed E-state index contributed by atoms with van der Waals surface area (Å²) in [4.78, 5) is 26.0. The summed E-state index contributed by atoms with van der Waals surface area (Å²) in [7, 11) is -3.70. The lowest BCUT2D eigenvalue weighted by Crippen LogP contribution is -2.47. The highest BCUT2D eigenvalue weighted by Crippen LogP contribution is 2.19. The molecule has 1 amide bonds. The molecule has 0 bridgehead atoms. The molecule has 1 aliphatic rings. The van der Waals surface area contributed by atoms with Crippen molar-refractivity contribution in [2.45, 2.75) is 18.1 Å². The highest BCUT2D eigenvalue weighted by Gasteiger charge is 2.31. The first kappa shape index (κ1) is 14.5. The summed E-state index contributed by atoms with van der Waals surface area (Å²) < 4.78 is 22.7. The first-order valence-electron chi connectivity index (χ1n) is 5.92. The molecular weight excluding hydrogens is 288 g/mol. The number of primary sulfonamides is 1. The molecule has 2 heterocycles. The SMILES string of the molecule is NS(=O)(=O)C1CCCN(C(=O)c2cc([N+](=O)[O-])c[nH]2)C1. The van der Waals surface area contributed by atoms with Crippen LogP contribution >= 0.6 is 0 Å². The second kappa shape index (κ2) is 5.21. The Hall–Kier alpha value is -1.94. The smallest absolute Gasteiger partial charge is 0.287 e. The molecule has 3 N–H and O–H groups in total. The number of likely N-dealkylation sites (tertiary alicyclic amines) is 1. The highest BCUT2D eigenvalue weighted by molar-refractivity contribution is 7.89. The van der Waals surface area contributed by atoms with Crippen molar-refractivity contribution in [3.8, 4) is 0 Å². The second-order valence-corrected chi connectivity index (χ2v) is 6.48. The van der Waals surface area contributed by atoms with Crippen LogP contribution in [0.1, 0.15) is 23.3 Å². The second-order valence-electron chi connectivity index (χ2n) is 4.63. The molecule has 0 saturated carbocycles. The molecule has 9 nitrogen and oxygen atoms in total. The normalized spacial score (nSPS) is 19.9. The summed E-state index contributed by atoms with van der Waals surface area (Å²) in [5.41, 5.74) is -0.153. The van der Waals surface area contributed by atoms with Crippen molar-refractivity contribution in [1.82, 2.24) is 9.88 Å². The van der Waals surface area contributed by atoms with E-state index in [1.54, 1.807) is 0 Å². The Morgan fingerprint density at radius 2 is 2.25 bits per heavy atom. The predicted octanol–water partition coefficient (Wildman–Crippen LogP) is -0.184. The lowest BCUT2D eigenvalue weighted by molar-refractivity contribution is -0.384. The monoisotopic (exact) mass is 302 g/mol. The van der Waals surface area contributed by atoms with Crippen LogP contribution in [0.2, 0.25) is 0 Å². The van der Waals surface area contributed by atoms with Crippen molar-refractivity contribution in [2.75, 3.05) is 13.1 Å². The molecule has 0 radical (unpaired) electrons. The van der Waals surface area contributed by atoms with Gasteiger partial charge in [-0.2, -0.15) is 0 Å². The molecule has 20 heavy (non-hydrogen) atoms. The molecular formula is C10H14N4O5S. The molecule has 2 rings (SSSR count). The van der Waals surface area contributed by atoms with Gasteiger partial charge in [-0.15, -0.1) is 0 Å². The van der Waals surface area contributed by atoms with Crippen LogP contribution in [0.5, 0.6) is 0 Å². The number of hydrogen-bond donors (Lipinski definition) is 2. The Morgan fingerprint density at radius 3 is 2.80 bits per heavy atom. The van der Waals surface area contributed by atoms with Crippen LogP contribution in [-0.2, 0) is 10.0 Å². The number of H-pyrrole nitrogens is 1. The summed E-state index contributed by atoms with van der Waals surface area (Å²) in [6.07, 6.45) is 2.05. The molecule has 0 aliphatic carbocycles. The zero-order chi connectivity index (χ0) is 14.9. The number of amides is 1. The number of carbonyl (C=O) groups excluding carboxylic acids is 1. The number of aromatic nitrogens is 1. The zero-order valence-corrected chi connectivity index (χ0v) is 11.3. The number of rotatable bonds is 3. The van der Waals surface area contributed by atoms with Crippen LogP contribution in [0.15, 0.2) is 12.3 Å². The van der Waals surface area contributed by atoms with E-state index in [4.69, 9.17) is 5.14 Å². The van der Waals surface area contributed by atoms with E-state index < -0.39 is 26.1 Å². The van der Waals surface area contributed by atoms with E-state index in [1.807, 2.05) is 0 Å². The average Bonchev–Trinajstić information content (AvgIpc) is 2.87. The number of nitrogens with two attached hydrogens (primary N) is 1. The average molecular weight is 302 g/mol. The third kappa shape index (κ3) is 2.96. The molecule has 10 heteroatoms. The maximum atomic E-state index is 12.1. The summed E-state index contributed by atoms with van der Waals surface area (Å²) in [6, 6.07) is 1.13. The van der Waals surface area contributed by atoms with E-state index in [2.05, 4.69) is 4.98 Å². The summed E-state index contributed by atoms with van der Waals surface area (Å²) in [5.74, 6) is -0.466. The first-order valence-corrected chi connectivity index (χ1v) is 7.53. The Morgan fingerprint density at radius 1 is 1.55 bits per heavy atom. The van der Waals surface area contributed by atoms with Gasteiger partial charge < -0.3 is 9.88 Å². The Bertz CT molecular complexity index is 638. The van der Waals surface area contributed by atoms with Gasteiger partial charge in [0.2, 0.25) is 10.0 Å². The number of carbonyl (C=O) groups is 1. The molecule has 1 aromatic rings. The molecule has 1 aliphatic heterocycles. The van der Waals surface area contributed by atoms with E-state index >= 15 is 0 Å². The van der Waals surface area contributed by atoms with Gasteiger partial charge in [-0.25, -0.2) is 13.6 Å². The summed E-state index contributed by atoms with van der Waals surface area (Å²) in [5, 5.41) is 14.9. The summed E-state index contributed by atoms with van der Waals surface area (Å²) >= 11 is 0. The number of nitro groups is 1. The van der Waals surface area contributed by atoms with Crippen molar-refractivity contribution < 1.29 is 18.1 Å². The van der Waals surface area contributed by atoms with Crippen LogP contribution in [0.3, 0.4) is 0 Å². The number of nitrogens with one attached hydrogen (secondary N) is 1. The number of nitrogens with zero attached hydrogens (tertiary/aromatic N) is 2. The zero-order valence-electron chi connectivity index (χ0n) is 10.5. The lowest BCUT2D eigenvalue weighted by atomic mass is 10.1. The van der Waals surface area contributed by atoms with Gasteiger partial charge in [-0.1, -0.05) is 0 Å². The van der Waals surface area contributed by atoms with Gasteiger partial charge in [0.05, 0.1) is 16.4 Å². The predicted molar refractivity (Wildman–Crippen MR) is 69.5 cm³/mol. The van der Waals surface area contributed by atoms with E-state index in [9.17, 15) is 23.3 Å². The van der Waals surface area contributed by atoms with Crippen molar-refractivity contribution in [2.24, 2.45) is 5.14 Å². The van der Waals surface area contributed by atoms with Crippen molar-refractivity contribution in [1.29, 1.82) is 0 Å². The largest absolute Gasteiger partial charge is 0.351 e. The Balaban J connectivity index is 2.14. The maximum Gasteiger partial charge on any atom is 0.287 e. The molecule has 110 valence electrons. The lowest BCUT2D eigenvalue weighted by Gasteiger charge is -2.31. The fourth-order valence-corrected chi connectivity index (χ4v) is 3.06. The minimum absolute atomic E-state index is 0.00445. The van der Waals surface area contributed by atoms with Crippen molar-refractivity contribution in [3.63, 3.8) is 0 Å². The van der Waals surface area contributed by atoms with Crippen LogP contribution in [-0.4, -0.2) is 47.5 Å². The van der Waals surface area contributed by atoms with Gasteiger partial charge in [0.1, 0.15) is 5.69 Å². The Kier molecular flexibility index (Phi) is 3.77. The topological polar surface area (TPSA) is 139 Å². The van der Waals surface area contributed by atoms with E-state index in [1.165, 1.54) is 4.90 Å². The molecule has 1 atom stereocenters. The third-order valence-electron chi connectivity index (χ3n) is 3.24. The highest BCUT2D eigenvalue weighted by atomic mass is 32.2. The maximum absolute atomic E-state index is 12.1. The fourth-order valence-electron chi connectivity index (χ4n) is 2.17. The van der Waals surface area contributed by atoms with E-state index in [-0.39, 0.29) is 17.9 Å². The first-order chi connectivity index (χ1) is 9.29. The number of hydrogen-bond acceptors (Lipinski definition) is 5. The van der Waals surface area contributed by atoms with Gasteiger partial charge in [0, 0.05) is 19.2 Å². The standard InChI is InChI=1S/C10H14N4O5S/c11-20(18,19)8-2-1-3-13(6-8)10(15)9-4-7(5-12-9)14(16)17/h4-5,8,12H,1-3,6H2,(H2,11,18,19). The van der Waals surface area contributed by atoms with E-state index in [0.29, 0.717) is 19.4 Å². The van der Waals surface area contributed by atoms with Crippen LogP contribution in [0.4, 0.5) is 5.69 Å². The van der Waals surface area contributed by atoms with Gasteiger partial charge in [-0.05, 0) is 12.8 Å². The molecule has 1 aromatic heterocycles. The third-order valence-corrected chi connectivity index (χ3v) is 4.55. The summed E-state index contributed by atoms with van der Waals surface area (Å²) in [6.45, 7) is 0.405. The van der Waals surface area contributed by atoms with Crippen molar-refractivity contribution in [3.05, 3.63) is 28.1 Å².